The molecule has 0 unspecified atom stereocenters. The molecule has 20 heavy (non-hydrogen) atoms. The Morgan fingerprint density at radius 1 is 1.45 bits per heavy atom. The van der Waals surface area contributed by atoms with Crippen LogP contribution in [0.1, 0.15) is 12.8 Å². The molecule has 0 aliphatic carbocycles. The first kappa shape index (κ1) is 15.3. The Labute approximate surface area is 119 Å². The molecular formula is C13H20FN3O2S. The summed E-state index contributed by atoms with van der Waals surface area (Å²) < 4.78 is 39.4. The lowest BCUT2D eigenvalue weighted by atomic mass is 9.97. The maximum absolute atomic E-state index is 13.6. The number of nitrogens with zero attached hydrogens (tertiary/aromatic N) is 3. The quantitative estimate of drug-likeness (QED) is 0.838. The van der Waals surface area contributed by atoms with Crippen LogP contribution in [0.4, 0.5) is 4.39 Å². The minimum atomic E-state index is -3.85. The van der Waals surface area contributed by atoms with Crippen molar-refractivity contribution in [2.75, 3.05) is 33.7 Å². The molecule has 5 nitrogen and oxygen atoms in total. The van der Waals surface area contributed by atoms with E-state index in [-0.39, 0.29) is 0 Å². The Kier molecular flexibility index (Phi) is 4.72. The number of likely N-dealkylation sites (tertiary alicyclic amines) is 1. The lowest BCUT2D eigenvalue weighted by molar-refractivity contribution is 0.202. The number of halogens is 1. The lowest BCUT2D eigenvalue weighted by Gasteiger charge is -2.31. The SMILES string of the molecule is CN1CCC(CN(C)S(=O)(=O)c2ncccc2F)CC1. The van der Waals surface area contributed by atoms with Gasteiger partial charge in [-0.15, -0.1) is 0 Å². The van der Waals surface area contributed by atoms with Crippen LogP contribution in [0.15, 0.2) is 23.4 Å². The zero-order valence-electron chi connectivity index (χ0n) is 11.8. The molecule has 0 spiro atoms. The van der Waals surface area contributed by atoms with Gasteiger partial charge in [-0.2, -0.15) is 4.31 Å². The molecule has 0 radical (unpaired) electrons. The van der Waals surface area contributed by atoms with Crippen LogP contribution in [-0.2, 0) is 10.0 Å². The third-order valence-corrected chi connectivity index (χ3v) is 5.49. The van der Waals surface area contributed by atoms with Crippen LogP contribution >= 0.6 is 0 Å². The van der Waals surface area contributed by atoms with Gasteiger partial charge >= 0.3 is 0 Å². The first-order valence-electron chi connectivity index (χ1n) is 6.66. The molecule has 1 aromatic rings. The highest BCUT2D eigenvalue weighted by Crippen LogP contribution is 2.21. The normalized spacial score (nSPS) is 18.6. The molecule has 112 valence electrons. The molecule has 1 aliphatic rings. The predicted molar refractivity (Wildman–Crippen MR) is 74.2 cm³/mol. The molecule has 0 bridgehead atoms. The van der Waals surface area contributed by atoms with Crippen LogP contribution < -0.4 is 0 Å². The number of hydrogen-bond acceptors (Lipinski definition) is 4. The maximum atomic E-state index is 13.6. The fraction of sp³-hybridized carbons (Fsp3) is 0.615. The van der Waals surface area contributed by atoms with Gasteiger partial charge in [0.05, 0.1) is 0 Å². The summed E-state index contributed by atoms with van der Waals surface area (Å²) in [7, 11) is -0.306. The average Bonchev–Trinajstić information content (AvgIpc) is 2.41. The molecular weight excluding hydrogens is 281 g/mol. The molecule has 0 N–H and O–H groups in total. The van der Waals surface area contributed by atoms with E-state index in [1.165, 1.54) is 23.6 Å². The van der Waals surface area contributed by atoms with E-state index < -0.39 is 20.9 Å². The molecule has 0 aromatic carbocycles. The summed E-state index contributed by atoms with van der Waals surface area (Å²) in [6, 6.07) is 2.49. The van der Waals surface area contributed by atoms with Crippen LogP contribution in [0, 0.1) is 11.7 Å². The molecule has 2 heterocycles. The smallest absolute Gasteiger partial charge is 0.263 e. The highest BCUT2D eigenvalue weighted by molar-refractivity contribution is 7.89. The molecule has 1 aliphatic heterocycles. The molecule has 0 atom stereocenters. The second-order valence-corrected chi connectivity index (χ2v) is 7.28. The molecule has 1 aromatic heterocycles. The van der Waals surface area contributed by atoms with Crippen molar-refractivity contribution >= 4 is 10.0 Å². The number of hydrogen-bond donors (Lipinski definition) is 0. The minimum absolute atomic E-state index is 0.317. The summed E-state index contributed by atoms with van der Waals surface area (Å²) in [5, 5.41) is -0.490. The number of aromatic nitrogens is 1. The van der Waals surface area contributed by atoms with Crippen LogP contribution in [-0.4, -0.2) is 56.3 Å². The van der Waals surface area contributed by atoms with Crippen molar-refractivity contribution in [3.63, 3.8) is 0 Å². The molecule has 1 saturated heterocycles. The van der Waals surface area contributed by atoms with E-state index in [1.54, 1.807) is 0 Å². The highest BCUT2D eigenvalue weighted by atomic mass is 32.2. The van der Waals surface area contributed by atoms with Gasteiger partial charge in [-0.1, -0.05) is 0 Å². The molecule has 1 fully saturated rings. The van der Waals surface area contributed by atoms with Gasteiger partial charge in [0.1, 0.15) is 0 Å². The standard InChI is InChI=1S/C13H20FN3O2S/c1-16-8-5-11(6-9-16)10-17(2)20(18,19)13-12(14)4-3-7-15-13/h3-4,7,11H,5-6,8-10H2,1-2H3. The van der Waals surface area contributed by atoms with E-state index in [2.05, 4.69) is 16.9 Å². The zero-order valence-corrected chi connectivity index (χ0v) is 12.6. The van der Waals surface area contributed by atoms with Gasteiger partial charge in [0.25, 0.3) is 10.0 Å². The van der Waals surface area contributed by atoms with E-state index in [1.807, 2.05) is 0 Å². The van der Waals surface area contributed by atoms with Crippen molar-refractivity contribution in [2.45, 2.75) is 17.9 Å². The summed E-state index contributed by atoms with van der Waals surface area (Å²) in [5.74, 6) is -0.486. The monoisotopic (exact) mass is 301 g/mol. The van der Waals surface area contributed by atoms with Gasteiger partial charge in [0.15, 0.2) is 5.82 Å². The van der Waals surface area contributed by atoms with Crippen LogP contribution in [0.25, 0.3) is 0 Å². The van der Waals surface area contributed by atoms with Crippen molar-refractivity contribution in [1.29, 1.82) is 0 Å². The number of pyridine rings is 1. The minimum Gasteiger partial charge on any atom is -0.306 e. The van der Waals surface area contributed by atoms with Crippen molar-refractivity contribution in [1.82, 2.24) is 14.2 Å². The third kappa shape index (κ3) is 3.34. The largest absolute Gasteiger partial charge is 0.306 e. The Balaban J connectivity index is 2.08. The van der Waals surface area contributed by atoms with Gasteiger partial charge in [-0.3, -0.25) is 0 Å². The van der Waals surface area contributed by atoms with Crippen LogP contribution in [0.2, 0.25) is 0 Å². The fourth-order valence-corrected chi connectivity index (χ4v) is 3.63. The summed E-state index contributed by atoms with van der Waals surface area (Å²) in [4.78, 5) is 5.89. The van der Waals surface area contributed by atoms with Crippen LogP contribution in [0.5, 0.6) is 0 Å². The third-order valence-electron chi connectivity index (χ3n) is 3.73. The molecule has 0 amide bonds. The summed E-state index contributed by atoms with van der Waals surface area (Å²) in [5.41, 5.74) is 0. The summed E-state index contributed by atoms with van der Waals surface area (Å²) in [6.07, 6.45) is 3.21. The topological polar surface area (TPSA) is 53.5 Å². The van der Waals surface area contributed by atoms with E-state index in [0.29, 0.717) is 12.5 Å². The first-order valence-corrected chi connectivity index (χ1v) is 8.10. The lowest BCUT2D eigenvalue weighted by Crippen LogP contribution is -2.38. The Morgan fingerprint density at radius 2 is 2.10 bits per heavy atom. The van der Waals surface area contributed by atoms with E-state index >= 15 is 0 Å². The highest BCUT2D eigenvalue weighted by Gasteiger charge is 2.28. The second-order valence-electron chi connectivity index (χ2n) is 5.32. The average molecular weight is 301 g/mol. The van der Waals surface area contributed by atoms with Crippen LogP contribution in [0.3, 0.4) is 0 Å². The van der Waals surface area contributed by atoms with Crippen molar-refractivity contribution in [3.8, 4) is 0 Å². The number of piperidine rings is 1. The van der Waals surface area contributed by atoms with Gasteiger partial charge in [-0.25, -0.2) is 17.8 Å². The number of sulfonamides is 1. The number of rotatable bonds is 4. The first-order chi connectivity index (χ1) is 9.41. The van der Waals surface area contributed by atoms with Crippen molar-refractivity contribution < 1.29 is 12.8 Å². The Bertz CT molecular complexity index is 556. The Morgan fingerprint density at radius 3 is 2.70 bits per heavy atom. The van der Waals surface area contributed by atoms with E-state index in [0.717, 1.165) is 32.0 Å². The summed E-state index contributed by atoms with van der Waals surface area (Å²) >= 11 is 0. The van der Waals surface area contributed by atoms with Gasteiger partial charge in [0, 0.05) is 19.8 Å². The second kappa shape index (κ2) is 6.15. The summed E-state index contributed by atoms with van der Waals surface area (Å²) in [6.45, 7) is 2.35. The van der Waals surface area contributed by atoms with E-state index in [9.17, 15) is 12.8 Å². The zero-order chi connectivity index (χ0) is 14.8. The van der Waals surface area contributed by atoms with E-state index in [4.69, 9.17) is 0 Å². The molecule has 0 saturated carbocycles. The maximum Gasteiger partial charge on any atom is 0.263 e. The fourth-order valence-electron chi connectivity index (χ4n) is 2.41. The Hall–Kier alpha value is -1.05. The van der Waals surface area contributed by atoms with Gasteiger partial charge in [0.2, 0.25) is 5.03 Å². The van der Waals surface area contributed by atoms with Gasteiger partial charge < -0.3 is 4.90 Å². The van der Waals surface area contributed by atoms with Crippen molar-refractivity contribution in [3.05, 3.63) is 24.1 Å². The van der Waals surface area contributed by atoms with Crippen molar-refractivity contribution in [2.24, 2.45) is 5.92 Å². The van der Waals surface area contributed by atoms with Gasteiger partial charge in [-0.05, 0) is 51.0 Å². The predicted octanol–water partition coefficient (Wildman–Crippen LogP) is 1.18. The molecule has 7 heteroatoms. The molecule has 2 rings (SSSR count).